The van der Waals surface area contributed by atoms with E-state index in [0.29, 0.717) is 52.4 Å². The van der Waals surface area contributed by atoms with Gasteiger partial charge >= 0.3 is 0 Å². The van der Waals surface area contributed by atoms with Crippen LogP contribution in [0.25, 0.3) is 22.6 Å². The van der Waals surface area contributed by atoms with Crippen LogP contribution in [-0.4, -0.2) is 45.8 Å². The zero-order valence-electron chi connectivity index (χ0n) is 22.4. The van der Waals surface area contributed by atoms with E-state index in [4.69, 9.17) is 0 Å². The molecule has 40 heavy (non-hydrogen) atoms. The molecule has 0 bridgehead atoms. The third kappa shape index (κ3) is 5.51. The number of benzene rings is 1. The molecule has 0 atom stereocenters. The number of carbonyl (C=O) groups excluding carboxylic acids is 3. The van der Waals surface area contributed by atoms with Crippen molar-refractivity contribution in [2.45, 2.75) is 39.5 Å². The molecule has 5 rings (SSSR count). The summed E-state index contributed by atoms with van der Waals surface area (Å²) in [5, 5.41) is 9.47. The monoisotopic (exact) mass is 542 g/mol. The molecule has 0 radical (unpaired) electrons. The van der Waals surface area contributed by atoms with Gasteiger partial charge in [-0.1, -0.05) is 12.8 Å². The highest BCUT2D eigenvalue weighted by Crippen LogP contribution is 2.34. The number of hydrogen-bond donors (Lipinski definition) is 5. The fourth-order valence-corrected chi connectivity index (χ4v) is 5.05. The van der Waals surface area contributed by atoms with Crippen LogP contribution in [0.5, 0.6) is 0 Å². The summed E-state index contributed by atoms with van der Waals surface area (Å²) in [6.45, 7) is 4.74. The van der Waals surface area contributed by atoms with E-state index in [0.717, 1.165) is 42.1 Å². The highest BCUT2D eigenvalue weighted by molar-refractivity contribution is 6.35. The summed E-state index contributed by atoms with van der Waals surface area (Å²) in [7, 11) is 0. The molecule has 4 heterocycles. The summed E-state index contributed by atoms with van der Waals surface area (Å²) in [6.07, 6.45) is 10.2. The molecule has 3 aromatic heterocycles. The molecule has 0 spiro atoms. The first kappa shape index (κ1) is 26.9. The Bertz CT molecular complexity index is 1630. The Morgan fingerprint density at radius 3 is 2.55 bits per heavy atom. The lowest BCUT2D eigenvalue weighted by atomic mass is 10.0. The molecule has 0 saturated heterocycles. The molecule has 0 saturated carbocycles. The third-order valence-electron chi connectivity index (χ3n) is 7.16. The predicted molar refractivity (Wildman–Crippen MR) is 152 cm³/mol. The Morgan fingerprint density at radius 1 is 1.02 bits per heavy atom. The van der Waals surface area contributed by atoms with Crippen molar-refractivity contribution in [3.8, 4) is 0 Å². The maximum atomic E-state index is 13.8. The van der Waals surface area contributed by atoms with Crippen molar-refractivity contribution in [3.05, 3.63) is 82.3 Å². The maximum Gasteiger partial charge on any atom is 0.256 e. The molecule has 5 N–H and O–H groups in total. The summed E-state index contributed by atoms with van der Waals surface area (Å²) in [5.74, 6) is -1.04. The second-order valence-electron chi connectivity index (χ2n) is 9.92. The smallest absolute Gasteiger partial charge is 0.256 e. The molecule has 1 aromatic carbocycles. The minimum absolute atomic E-state index is 0.122. The van der Waals surface area contributed by atoms with Crippen LogP contribution < -0.4 is 16.0 Å². The van der Waals surface area contributed by atoms with E-state index in [9.17, 15) is 18.8 Å². The first-order chi connectivity index (χ1) is 19.3. The Hall–Kier alpha value is -4.73. The van der Waals surface area contributed by atoms with Gasteiger partial charge in [-0.25, -0.2) is 4.39 Å². The highest BCUT2D eigenvalue weighted by atomic mass is 19.1. The number of hydrogen-bond acceptors (Lipinski definition) is 4. The average molecular weight is 543 g/mol. The Morgan fingerprint density at radius 2 is 1.77 bits per heavy atom. The number of nitrogens with zero attached hydrogens (tertiary/aromatic N) is 1. The van der Waals surface area contributed by atoms with Crippen molar-refractivity contribution in [2.24, 2.45) is 0 Å². The molecule has 0 fully saturated rings. The average Bonchev–Trinajstić information content (AvgIpc) is 3.58. The van der Waals surface area contributed by atoms with E-state index in [2.05, 4.69) is 30.9 Å². The van der Waals surface area contributed by atoms with Gasteiger partial charge in [-0.15, -0.1) is 0 Å². The van der Waals surface area contributed by atoms with Crippen molar-refractivity contribution < 1.29 is 18.8 Å². The van der Waals surface area contributed by atoms with Gasteiger partial charge in [0.15, 0.2) is 0 Å². The quantitative estimate of drug-likeness (QED) is 0.145. The van der Waals surface area contributed by atoms with Crippen molar-refractivity contribution in [2.75, 3.05) is 18.4 Å². The Balaban J connectivity index is 1.07. The molecule has 0 aliphatic carbocycles. The van der Waals surface area contributed by atoms with Crippen LogP contribution in [0.3, 0.4) is 0 Å². The third-order valence-corrected chi connectivity index (χ3v) is 7.16. The van der Waals surface area contributed by atoms with Gasteiger partial charge in [0, 0.05) is 65.2 Å². The molecule has 1 aliphatic heterocycles. The van der Waals surface area contributed by atoms with Crippen molar-refractivity contribution in [3.63, 3.8) is 0 Å². The number of rotatable bonds is 10. The second-order valence-corrected chi connectivity index (χ2v) is 9.92. The number of fused-ring (bicyclic) bond motifs is 2. The van der Waals surface area contributed by atoms with Gasteiger partial charge in [0.25, 0.3) is 17.7 Å². The topological polar surface area (TPSA) is 132 Å². The van der Waals surface area contributed by atoms with Crippen LogP contribution in [-0.2, 0) is 4.79 Å². The molecule has 4 aromatic rings. The fourth-order valence-electron chi connectivity index (χ4n) is 5.05. The molecule has 3 amide bonds. The van der Waals surface area contributed by atoms with Crippen LogP contribution in [0.4, 0.5) is 10.1 Å². The Labute approximate surface area is 230 Å². The maximum absolute atomic E-state index is 13.8. The number of aryl methyl sites for hydroxylation is 1. The minimum Gasteiger partial charge on any atom is -0.360 e. The molecular weight excluding hydrogens is 511 g/mol. The minimum atomic E-state index is -0.423. The lowest BCUT2D eigenvalue weighted by molar-refractivity contribution is -0.110. The number of halogens is 1. The normalized spacial score (nSPS) is 13.5. The lowest BCUT2D eigenvalue weighted by Crippen LogP contribution is -2.25. The zero-order valence-corrected chi connectivity index (χ0v) is 22.4. The van der Waals surface area contributed by atoms with Gasteiger partial charge in [-0.2, -0.15) is 0 Å². The number of pyridine rings is 1. The van der Waals surface area contributed by atoms with Crippen LogP contribution >= 0.6 is 0 Å². The number of anilines is 1. The van der Waals surface area contributed by atoms with Gasteiger partial charge in [-0.3, -0.25) is 19.4 Å². The van der Waals surface area contributed by atoms with Crippen LogP contribution in [0.1, 0.15) is 68.9 Å². The van der Waals surface area contributed by atoms with E-state index in [1.807, 2.05) is 19.9 Å². The van der Waals surface area contributed by atoms with E-state index < -0.39 is 5.82 Å². The van der Waals surface area contributed by atoms with Gasteiger partial charge in [0.05, 0.1) is 16.7 Å². The number of nitrogens with one attached hydrogen (secondary N) is 5. The first-order valence-corrected chi connectivity index (χ1v) is 13.3. The lowest BCUT2D eigenvalue weighted by Gasteiger charge is -2.07. The van der Waals surface area contributed by atoms with Crippen molar-refractivity contribution >= 4 is 46.0 Å². The summed E-state index contributed by atoms with van der Waals surface area (Å²) in [4.78, 5) is 48.2. The molecule has 1 aliphatic rings. The second kappa shape index (κ2) is 11.6. The van der Waals surface area contributed by atoms with Crippen LogP contribution in [0, 0.1) is 19.7 Å². The predicted octanol–water partition coefficient (Wildman–Crippen LogP) is 4.86. The first-order valence-electron chi connectivity index (χ1n) is 13.3. The number of amides is 3. The van der Waals surface area contributed by atoms with Gasteiger partial charge in [0.2, 0.25) is 0 Å². The number of aromatic nitrogens is 3. The standard InChI is InChI=1S/C30H31FN6O3/c1-17-26(14-21-20-13-19(31)7-8-25(20)37-29(21)39)36-18(2)27(17)30(40)34-11-6-4-3-5-10-33-28(38)23-16-35-24-9-12-32-15-22(23)24/h7-9,12-16,35-36H,3-6,10-11H2,1-2H3,(H,33,38)(H,34,40)(H,37,39). The van der Waals surface area contributed by atoms with Gasteiger partial charge < -0.3 is 25.9 Å². The largest absolute Gasteiger partial charge is 0.360 e. The van der Waals surface area contributed by atoms with E-state index >= 15 is 0 Å². The SMILES string of the molecule is Cc1[nH]c(C=C2C(=O)Nc3ccc(F)cc32)c(C)c1C(=O)NCCCCCCNC(=O)c1c[nH]c2ccncc12. The summed E-state index contributed by atoms with van der Waals surface area (Å²) in [6, 6.07) is 6.00. The molecule has 206 valence electrons. The zero-order chi connectivity index (χ0) is 28.2. The van der Waals surface area contributed by atoms with E-state index in [1.54, 1.807) is 24.7 Å². The van der Waals surface area contributed by atoms with Gasteiger partial charge in [0.1, 0.15) is 5.82 Å². The summed E-state index contributed by atoms with van der Waals surface area (Å²) >= 11 is 0. The summed E-state index contributed by atoms with van der Waals surface area (Å²) in [5.41, 5.74) is 5.47. The van der Waals surface area contributed by atoms with Crippen molar-refractivity contribution in [1.82, 2.24) is 25.6 Å². The van der Waals surface area contributed by atoms with E-state index in [1.165, 1.54) is 18.2 Å². The highest BCUT2D eigenvalue weighted by Gasteiger charge is 2.26. The molecule has 10 heteroatoms. The van der Waals surface area contributed by atoms with Crippen LogP contribution in [0.15, 0.2) is 42.9 Å². The van der Waals surface area contributed by atoms with Gasteiger partial charge in [-0.05, 0) is 62.6 Å². The van der Waals surface area contributed by atoms with Crippen molar-refractivity contribution in [1.29, 1.82) is 0 Å². The number of carbonyl (C=O) groups is 3. The fraction of sp³-hybridized carbons (Fsp3) is 0.267. The molecule has 0 unspecified atom stereocenters. The number of unbranched alkanes of at least 4 members (excludes halogenated alkanes) is 3. The van der Waals surface area contributed by atoms with E-state index in [-0.39, 0.29) is 17.7 Å². The molecular formula is C30H31FN6O3. The summed E-state index contributed by atoms with van der Waals surface area (Å²) < 4.78 is 13.8. The molecule has 9 nitrogen and oxygen atoms in total. The number of H-pyrrole nitrogens is 2. The van der Waals surface area contributed by atoms with Crippen LogP contribution in [0.2, 0.25) is 0 Å². The number of aromatic amines is 2. The Kier molecular flexibility index (Phi) is 7.77.